The zero-order chi connectivity index (χ0) is 22.3. The SMILES string of the molecule is CC(C)CCOc1ccc(C(=O)NC(Cc2ccccc2)c2nc3ccccc3[nH]2)cc1. The van der Waals surface area contributed by atoms with Crippen molar-refractivity contribution in [1.82, 2.24) is 15.3 Å². The molecule has 4 aromatic rings. The molecule has 0 fully saturated rings. The molecule has 0 spiro atoms. The second-order valence-electron chi connectivity index (χ2n) is 8.41. The zero-order valence-electron chi connectivity index (χ0n) is 18.5. The van der Waals surface area contributed by atoms with E-state index >= 15 is 0 Å². The Bertz CT molecular complexity index is 1120. The van der Waals surface area contributed by atoms with E-state index in [1.54, 1.807) is 12.1 Å². The quantitative estimate of drug-likeness (QED) is 0.360. The van der Waals surface area contributed by atoms with Crippen LogP contribution in [0.15, 0.2) is 78.9 Å². The fourth-order valence-corrected chi connectivity index (χ4v) is 3.56. The van der Waals surface area contributed by atoms with Crippen LogP contribution in [0, 0.1) is 5.92 Å². The van der Waals surface area contributed by atoms with Gasteiger partial charge in [-0.1, -0.05) is 56.3 Å². The highest BCUT2D eigenvalue weighted by molar-refractivity contribution is 5.94. The van der Waals surface area contributed by atoms with Crippen LogP contribution >= 0.6 is 0 Å². The van der Waals surface area contributed by atoms with Crippen molar-refractivity contribution in [2.45, 2.75) is 32.7 Å². The highest BCUT2D eigenvalue weighted by atomic mass is 16.5. The minimum atomic E-state index is -0.278. The largest absolute Gasteiger partial charge is 0.494 e. The Labute approximate surface area is 188 Å². The molecule has 2 N–H and O–H groups in total. The van der Waals surface area contributed by atoms with Gasteiger partial charge in [0.25, 0.3) is 5.91 Å². The van der Waals surface area contributed by atoms with Gasteiger partial charge in [-0.25, -0.2) is 4.98 Å². The minimum Gasteiger partial charge on any atom is -0.494 e. The molecule has 0 radical (unpaired) electrons. The highest BCUT2D eigenvalue weighted by Crippen LogP contribution is 2.21. The Morgan fingerprint density at radius 2 is 1.69 bits per heavy atom. The van der Waals surface area contributed by atoms with Crippen LogP contribution in [0.3, 0.4) is 0 Å². The Morgan fingerprint density at radius 3 is 2.41 bits per heavy atom. The number of ether oxygens (including phenoxy) is 1. The molecule has 1 amide bonds. The summed E-state index contributed by atoms with van der Waals surface area (Å²) in [6, 6.07) is 25.0. The second-order valence-corrected chi connectivity index (χ2v) is 8.41. The number of H-pyrrole nitrogens is 1. The van der Waals surface area contributed by atoms with Gasteiger partial charge in [0.15, 0.2) is 0 Å². The molecule has 4 rings (SSSR count). The first-order chi connectivity index (χ1) is 15.6. The van der Waals surface area contributed by atoms with Gasteiger partial charge in [0.2, 0.25) is 0 Å². The van der Waals surface area contributed by atoms with Gasteiger partial charge in [0.1, 0.15) is 11.6 Å². The van der Waals surface area contributed by atoms with Crippen molar-refractivity contribution in [3.8, 4) is 5.75 Å². The third kappa shape index (κ3) is 5.55. The molecule has 164 valence electrons. The van der Waals surface area contributed by atoms with E-state index < -0.39 is 0 Å². The normalized spacial score (nSPS) is 12.1. The van der Waals surface area contributed by atoms with E-state index in [1.807, 2.05) is 54.6 Å². The van der Waals surface area contributed by atoms with Gasteiger partial charge in [-0.2, -0.15) is 0 Å². The van der Waals surface area contributed by atoms with E-state index in [4.69, 9.17) is 9.72 Å². The van der Waals surface area contributed by atoms with Gasteiger partial charge in [-0.3, -0.25) is 4.79 Å². The van der Waals surface area contributed by atoms with Crippen LogP contribution in [0.5, 0.6) is 5.75 Å². The second kappa shape index (κ2) is 10.1. The van der Waals surface area contributed by atoms with Crippen molar-refractivity contribution in [1.29, 1.82) is 0 Å². The van der Waals surface area contributed by atoms with Crippen molar-refractivity contribution in [3.05, 3.63) is 95.8 Å². The number of hydrogen-bond acceptors (Lipinski definition) is 3. The summed E-state index contributed by atoms with van der Waals surface area (Å²) >= 11 is 0. The minimum absolute atomic E-state index is 0.139. The first-order valence-corrected chi connectivity index (χ1v) is 11.1. The number of aromatic amines is 1. The number of para-hydroxylation sites is 2. The molecule has 1 heterocycles. The molecule has 1 unspecified atom stereocenters. The third-order valence-electron chi connectivity index (χ3n) is 5.41. The van der Waals surface area contributed by atoms with E-state index in [-0.39, 0.29) is 11.9 Å². The summed E-state index contributed by atoms with van der Waals surface area (Å²) in [6.07, 6.45) is 1.64. The van der Waals surface area contributed by atoms with Gasteiger partial charge >= 0.3 is 0 Å². The van der Waals surface area contributed by atoms with Crippen molar-refractivity contribution >= 4 is 16.9 Å². The molecule has 3 aromatic carbocycles. The summed E-state index contributed by atoms with van der Waals surface area (Å²) in [7, 11) is 0. The number of amides is 1. The molecule has 0 aliphatic rings. The lowest BCUT2D eigenvalue weighted by Gasteiger charge is -2.17. The molecule has 1 aromatic heterocycles. The van der Waals surface area contributed by atoms with Crippen LogP contribution in [0.4, 0.5) is 0 Å². The summed E-state index contributed by atoms with van der Waals surface area (Å²) in [5, 5.41) is 3.16. The van der Waals surface area contributed by atoms with Gasteiger partial charge < -0.3 is 15.0 Å². The lowest BCUT2D eigenvalue weighted by molar-refractivity contribution is 0.0935. The number of imidazole rings is 1. The lowest BCUT2D eigenvalue weighted by atomic mass is 10.0. The van der Waals surface area contributed by atoms with Gasteiger partial charge in [-0.05, 0) is 60.7 Å². The van der Waals surface area contributed by atoms with Gasteiger partial charge in [-0.15, -0.1) is 0 Å². The fraction of sp³-hybridized carbons (Fsp3) is 0.259. The average molecular weight is 428 g/mol. The molecule has 0 bridgehead atoms. The molecule has 0 saturated heterocycles. The zero-order valence-corrected chi connectivity index (χ0v) is 18.5. The van der Waals surface area contributed by atoms with E-state index in [0.29, 0.717) is 24.5 Å². The van der Waals surface area contributed by atoms with E-state index in [0.717, 1.165) is 34.6 Å². The highest BCUT2D eigenvalue weighted by Gasteiger charge is 2.20. The van der Waals surface area contributed by atoms with E-state index in [1.165, 1.54) is 0 Å². The first-order valence-electron chi connectivity index (χ1n) is 11.1. The first kappa shape index (κ1) is 21.6. The summed E-state index contributed by atoms with van der Waals surface area (Å²) < 4.78 is 5.77. The molecule has 0 saturated carbocycles. The Hall–Kier alpha value is -3.60. The van der Waals surface area contributed by atoms with Gasteiger partial charge in [0, 0.05) is 5.56 Å². The summed E-state index contributed by atoms with van der Waals surface area (Å²) in [4.78, 5) is 21.2. The molecular formula is C27H29N3O2. The summed E-state index contributed by atoms with van der Waals surface area (Å²) in [5.74, 6) is 1.98. The number of hydrogen-bond donors (Lipinski definition) is 2. The molecule has 0 aliphatic heterocycles. The third-order valence-corrected chi connectivity index (χ3v) is 5.41. The van der Waals surface area contributed by atoms with E-state index in [2.05, 4.69) is 36.3 Å². The Balaban J connectivity index is 1.50. The topological polar surface area (TPSA) is 67.0 Å². The van der Waals surface area contributed by atoms with Gasteiger partial charge in [0.05, 0.1) is 23.7 Å². The standard InChI is InChI=1S/C27H29N3O2/c1-19(2)16-17-32-22-14-12-21(13-15-22)27(31)30-25(18-20-8-4-3-5-9-20)26-28-23-10-6-7-11-24(23)29-26/h3-15,19,25H,16-18H2,1-2H3,(H,28,29)(H,30,31). The molecule has 1 atom stereocenters. The van der Waals surface area contributed by atoms with Crippen molar-refractivity contribution in [2.75, 3.05) is 6.61 Å². The predicted octanol–water partition coefficient (Wildman–Crippen LogP) is 5.70. The monoisotopic (exact) mass is 427 g/mol. The maximum atomic E-state index is 13.1. The average Bonchev–Trinajstić information content (AvgIpc) is 3.24. The predicted molar refractivity (Wildman–Crippen MR) is 128 cm³/mol. The van der Waals surface area contributed by atoms with Crippen molar-refractivity contribution in [2.24, 2.45) is 5.92 Å². The van der Waals surface area contributed by atoms with Crippen molar-refractivity contribution < 1.29 is 9.53 Å². The Kier molecular flexibility index (Phi) is 6.85. The van der Waals surface area contributed by atoms with Crippen LogP contribution in [0.25, 0.3) is 11.0 Å². The molecule has 32 heavy (non-hydrogen) atoms. The number of aromatic nitrogens is 2. The fourth-order valence-electron chi connectivity index (χ4n) is 3.56. The maximum absolute atomic E-state index is 13.1. The van der Waals surface area contributed by atoms with E-state index in [9.17, 15) is 4.79 Å². The van der Waals surface area contributed by atoms with Crippen LogP contribution in [-0.2, 0) is 6.42 Å². The maximum Gasteiger partial charge on any atom is 0.251 e. The number of fused-ring (bicyclic) bond motifs is 1. The number of rotatable bonds is 9. The van der Waals surface area contributed by atoms with Crippen LogP contribution in [-0.4, -0.2) is 22.5 Å². The summed E-state index contributed by atoms with van der Waals surface area (Å²) in [5.41, 5.74) is 3.57. The lowest BCUT2D eigenvalue weighted by Crippen LogP contribution is -2.30. The number of carbonyl (C=O) groups is 1. The summed E-state index contributed by atoms with van der Waals surface area (Å²) in [6.45, 7) is 5.02. The molecule has 5 heteroatoms. The molecule has 0 aliphatic carbocycles. The number of benzene rings is 3. The van der Waals surface area contributed by atoms with Crippen LogP contribution < -0.4 is 10.1 Å². The number of nitrogens with zero attached hydrogens (tertiary/aromatic N) is 1. The molecule has 5 nitrogen and oxygen atoms in total. The number of nitrogens with one attached hydrogen (secondary N) is 2. The van der Waals surface area contributed by atoms with Crippen LogP contribution in [0.1, 0.15) is 48.1 Å². The van der Waals surface area contributed by atoms with Crippen LogP contribution in [0.2, 0.25) is 0 Å². The smallest absolute Gasteiger partial charge is 0.251 e. The number of carbonyl (C=O) groups excluding carboxylic acids is 1. The Morgan fingerprint density at radius 1 is 0.969 bits per heavy atom. The van der Waals surface area contributed by atoms with Crippen molar-refractivity contribution in [3.63, 3.8) is 0 Å². The molecular weight excluding hydrogens is 398 g/mol.